The molecule has 0 aromatic heterocycles. The van der Waals surface area contributed by atoms with Crippen LogP contribution in [-0.4, -0.2) is 45.9 Å². The summed E-state index contributed by atoms with van der Waals surface area (Å²) in [4.78, 5) is 12.5. The maximum atomic E-state index is 13.1. The molecule has 0 spiro atoms. The quantitative estimate of drug-likeness (QED) is 0.699. The van der Waals surface area contributed by atoms with Crippen LogP contribution in [0.15, 0.2) is 41.3 Å². The number of hydrogen-bond acceptors (Lipinski definition) is 5. The van der Waals surface area contributed by atoms with Crippen molar-refractivity contribution in [3.05, 3.63) is 47.0 Å². The van der Waals surface area contributed by atoms with Gasteiger partial charge in [-0.15, -0.1) is 0 Å². The van der Waals surface area contributed by atoms with Gasteiger partial charge in [0.05, 0.1) is 26.5 Å². The van der Waals surface area contributed by atoms with Gasteiger partial charge in [-0.05, 0) is 42.8 Å². The molecule has 2 aromatic rings. The molecule has 9 heteroatoms. The number of rotatable bonds is 8. The molecule has 1 N–H and O–H groups in total. The number of amides is 1. The smallest absolute Gasteiger partial charge is 0.247 e. The average Bonchev–Trinajstić information content (AvgIpc) is 2.66. The molecule has 0 bridgehead atoms. The van der Waals surface area contributed by atoms with Gasteiger partial charge in [0.2, 0.25) is 15.9 Å². The van der Waals surface area contributed by atoms with Gasteiger partial charge in [-0.3, -0.25) is 4.79 Å². The lowest BCUT2D eigenvalue weighted by atomic mass is 10.2. The van der Waals surface area contributed by atoms with E-state index in [0.29, 0.717) is 16.5 Å². The molecule has 0 heterocycles. The molecule has 152 valence electrons. The van der Waals surface area contributed by atoms with Gasteiger partial charge in [0.1, 0.15) is 16.4 Å². The number of likely N-dealkylation sites (N-methyl/N-ethyl adjacent to an activating group) is 1. The number of ether oxygens (including phenoxy) is 2. The zero-order chi connectivity index (χ0) is 20.9. The Hall–Kier alpha value is -2.29. The highest BCUT2D eigenvalue weighted by Crippen LogP contribution is 2.29. The van der Waals surface area contributed by atoms with E-state index in [1.165, 1.54) is 26.4 Å². The molecule has 2 rings (SSSR count). The summed E-state index contributed by atoms with van der Waals surface area (Å²) in [6.45, 7) is 3.19. The summed E-state index contributed by atoms with van der Waals surface area (Å²) in [5, 5.41) is 3.06. The van der Waals surface area contributed by atoms with Crippen LogP contribution < -0.4 is 14.8 Å². The number of hydrogen-bond donors (Lipinski definition) is 1. The average molecular weight is 427 g/mol. The summed E-state index contributed by atoms with van der Waals surface area (Å²) >= 11 is 5.96. The van der Waals surface area contributed by atoms with E-state index < -0.39 is 15.9 Å². The van der Waals surface area contributed by atoms with Crippen LogP contribution in [0.5, 0.6) is 11.5 Å². The third-order valence-electron chi connectivity index (χ3n) is 4.05. The predicted molar refractivity (Wildman–Crippen MR) is 109 cm³/mol. The molecule has 0 aliphatic heterocycles. The van der Waals surface area contributed by atoms with Gasteiger partial charge in [0.25, 0.3) is 0 Å². The second kappa shape index (κ2) is 9.27. The normalized spacial score (nSPS) is 11.4. The first-order valence-corrected chi connectivity index (χ1v) is 10.3. The molecule has 0 saturated heterocycles. The Labute approximate surface area is 170 Å². The molecule has 2 aromatic carbocycles. The summed E-state index contributed by atoms with van der Waals surface area (Å²) in [5.74, 6) is 0.127. The van der Waals surface area contributed by atoms with Crippen molar-refractivity contribution in [3.8, 4) is 11.5 Å². The minimum Gasteiger partial charge on any atom is -0.495 e. The Morgan fingerprint density at radius 2 is 1.75 bits per heavy atom. The molecule has 7 nitrogen and oxygen atoms in total. The topological polar surface area (TPSA) is 84.9 Å². The molecule has 1 amide bonds. The van der Waals surface area contributed by atoms with Crippen LogP contribution >= 0.6 is 11.6 Å². The van der Waals surface area contributed by atoms with E-state index in [1.807, 2.05) is 0 Å². The number of anilines is 1. The van der Waals surface area contributed by atoms with Crippen molar-refractivity contribution in [1.82, 2.24) is 4.31 Å². The van der Waals surface area contributed by atoms with Gasteiger partial charge < -0.3 is 14.8 Å². The molecule has 28 heavy (non-hydrogen) atoms. The number of methoxy groups -OCH3 is 2. The highest BCUT2D eigenvalue weighted by atomic mass is 35.5. The Balaban J connectivity index is 2.27. The van der Waals surface area contributed by atoms with Crippen LogP contribution in [0.25, 0.3) is 0 Å². The first kappa shape index (κ1) is 22.0. The van der Waals surface area contributed by atoms with Crippen molar-refractivity contribution in [3.63, 3.8) is 0 Å². The Kier molecular flexibility index (Phi) is 7.29. The predicted octanol–water partition coefficient (Wildman–Crippen LogP) is 3.31. The van der Waals surface area contributed by atoms with E-state index in [-0.39, 0.29) is 23.7 Å². The molecule has 0 unspecified atom stereocenters. The minimum absolute atomic E-state index is 0.0185. The number of halogens is 1. The van der Waals surface area contributed by atoms with E-state index in [9.17, 15) is 13.2 Å². The lowest BCUT2D eigenvalue weighted by molar-refractivity contribution is -0.116. The van der Waals surface area contributed by atoms with Crippen LogP contribution in [-0.2, 0) is 14.8 Å². The van der Waals surface area contributed by atoms with Crippen LogP contribution in [0.2, 0.25) is 5.02 Å². The number of nitrogens with one attached hydrogen (secondary N) is 1. The summed E-state index contributed by atoms with van der Waals surface area (Å²) < 4.78 is 37.6. The van der Waals surface area contributed by atoms with Crippen molar-refractivity contribution in [2.75, 3.05) is 32.6 Å². The number of nitrogens with zero attached hydrogens (tertiary/aromatic N) is 1. The summed E-state index contributed by atoms with van der Waals surface area (Å²) in [6.07, 6.45) is 0. The highest BCUT2D eigenvalue weighted by molar-refractivity contribution is 7.89. The summed E-state index contributed by atoms with van der Waals surface area (Å²) in [5.41, 5.74) is 1.13. The lowest BCUT2D eigenvalue weighted by Crippen LogP contribution is -2.38. The standard InChI is InChI=1S/C19H23ClN2O5S/c1-5-22(28(24,25)18-10-13(2)6-8-17(18)27-4)12-19(23)21-15-11-14(20)7-9-16(15)26-3/h6-11H,5,12H2,1-4H3,(H,21,23). The molecule has 0 aliphatic carbocycles. The van der Waals surface area contributed by atoms with Crippen LogP contribution in [0.1, 0.15) is 12.5 Å². The van der Waals surface area contributed by atoms with Crippen LogP contribution in [0.4, 0.5) is 5.69 Å². The fourth-order valence-electron chi connectivity index (χ4n) is 2.62. The Morgan fingerprint density at radius 1 is 1.11 bits per heavy atom. The molecule has 0 aliphatic rings. The van der Waals surface area contributed by atoms with Crippen LogP contribution in [0.3, 0.4) is 0 Å². The second-order valence-electron chi connectivity index (χ2n) is 5.98. The van der Waals surface area contributed by atoms with Crippen molar-refractivity contribution in [2.24, 2.45) is 0 Å². The first-order chi connectivity index (χ1) is 13.2. The van der Waals surface area contributed by atoms with Gasteiger partial charge in [-0.2, -0.15) is 4.31 Å². The molecular weight excluding hydrogens is 404 g/mol. The maximum Gasteiger partial charge on any atom is 0.247 e. The molecular formula is C19H23ClN2O5S. The molecule has 0 radical (unpaired) electrons. The summed E-state index contributed by atoms with van der Waals surface area (Å²) in [7, 11) is -1.07. The van der Waals surface area contributed by atoms with E-state index in [0.717, 1.165) is 9.87 Å². The first-order valence-electron chi connectivity index (χ1n) is 8.51. The number of benzene rings is 2. The van der Waals surface area contributed by atoms with Gasteiger partial charge >= 0.3 is 0 Å². The van der Waals surface area contributed by atoms with Crippen molar-refractivity contribution in [2.45, 2.75) is 18.7 Å². The Morgan fingerprint density at radius 3 is 2.36 bits per heavy atom. The molecule has 0 atom stereocenters. The number of aryl methyl sites for hydroxylation is 1. The zero-order valence-corrected chi connectivity index (χ0v) is 17.7. The van der Waals surface area contributed by atoms with Gasteiger partial charge in [0, 0.05) is 11.6 Å². The van der Waals surface area contributed by atoms with Crippen molar-refractivity contribution < 1.29 is 22.7 Å². The number of sulfonamides is 1. The van der Waals surface area contributed by atoms with E-state index >= 15 is 0 Å². The van der Waals surface area contributed by atoms with E-state index in [2.05, 4.69) is 5.32 Å². The van der Waals surface area contributed by atoms with Crippen LogP contribution in [0, 0.1) is 6.92 Å². The Bertz CT molecular complexity index is 963. The third-order valence-corrected chi connectivity index (χ3v) is 6.22. The lowest BCUT2D eigenvalue weighted by Gasteiger charge is -2.22. The van der Waals surface area contributed by atoms with E-state index in [4.69, 9.17) is 21.1 Å². The van der Waals surface area contributed by atoms with Gasteiger partial charge in [-0.1, -0.05) is 24.6 Å². The van der Waals surface area contributed by atoms with E-state index in [1.54, 1.807) is 38.1 Å². The number of carbonyl (C=O) groups is 1. The molecule has 0 fully saturated rings. The SMILES string of the molecule is CCN(CC(=O)Nc1cc(Cl)ccc1OC)S(=O)(=O)c1cc(C)ccc1OC. The fourth-order valence-corrected chi connectivity index (χ4v) is 4.44. The van der Waals surface area contributed by atoms with Gasteiger partial charge in [0.15, 0.2) is 0 Å². The van der Waals surface area contributed by atoms with Gasteiger partial charge in [-0.25, -0.2) is 8.42 Å². The fraction of sp³-hybridized carbons (Fsp3) is 0.316. The zero-order valence-electron chi connectivity index (χ0n) is 16.2. The number of carbonyl (C=O) groups excluding carboxylic acids is 1. The third kappa shape index (κ3) is 4.95. The summed E-state index contributed by atoms with van der Waals surface area (Å²) in [6, 6.07) is 9.65. The monoisotopic (exact) mass is 426 g/mol. The largest absolute Gasteiger partial charge is 0.495 e. The highest BCUT2D eigenvalue weighted by Gasteiger charge is 2.28. The second-order valence-corrected chi connectivity index (χ2v) is 8.32. The minimum atomic E-state index is -3.94. The van der Waals surface area contributed by atoms with Crippen molar-refractivity contribution >= 4 is 33.2 Å². The molecule has 0 saturated carbocycles. The maximum absolute atomic E-state index is 13.1. The van der Waals surface area contributed by atoms with Crippen molar-refractivity contribution in [1.29, 1.82) is 0 Å².